The lowest BCUT2D eigenvalue weighted by Crippen LogP contribution is -2.15. The highest BCUT2D eigenvalue weighted by Crippen LogP contribution is 2.36. The van der Waals surface area contributed by atoms with Gasteiger partial charge in [-0.05, 0) is 31.6 Å². The Labute approximate surface area is 106 Å². The molecule has 1 saturated carbocycles. The summed E-state index contributed by atoms with van der Waals surface area (Å²) < 4.78 is 26.9. The molecule has 1 heterocycles. The van der Waals surface area contributed by atoms with Crippen LogP contribution in [0.3, 0.4) is 0 Å². The van der Waals surface area contributed by atoms with E-state index in [0.29, 0.717) is 19.0 Å². The van der Waals surface area contributed by atoms with Gasteiger partial charge in [0.15, 0.2) is 23.3 Å². The number of aromatic nitrogens is 1. The first-order chi connectivity index (χ1) is 8.61. The SMILES string of the molecule is CCNc1nc(NCC(C)C2CC2)c(F)cc1F. The largest absolute Gasteiger partial charge is 0.368 e. The van der Waals surface area contributed by atoms with Crippen LogP contribution >= 0.6 is 0 Å². The molecule has 0 saturated heterocycles. The first-order valence-electron chi connectivity index (χ1n) is 6.45. The third-order valence-electron chi connectivity index (χ3n) is 3.29. The normalized spacial score (nSPS) is 16.4. The maximum absolute atomic E-state index is 13.5. The van der Waals surface area contributed by atoms with Crippen molar-refractivity contribution < 1.29 is 8.78 Å². The minimum absolute atomic E-state index is 0.0977. The van der Waals surface area contributed by atoms with Crippen molar-refractivity contribution in [2.24, 2.45) is 11.8 Å². The van der Waals surface area contributed by atoms with Gasteiger partial charge in [0.1, 0.15) is 0 Å². The number of hydrogen-bond donors (Lipinski definition) is 2. The van der Waals surface area contributed by atoms with Crippen LogP contribution in [-0.2, 0) is 0 Å². The summed E-state index contributed by atoms with van der Waals surface area (Å²) in [5.41, 5.74) is 0. The van der Waals surface area contributed by atoms with Crippen LogP contribution in [0.1, 0.15) is 26.7 Å². The number of anilines is 2. The third-order valence-corrected chi connectivity index (χ3v) is 3.29. The summed E-state index contributed by atoms with van der Waals surface area (Å²) in [5, 5.41) is 5.74. The van der Waals surface area contributed by atoms with Crippen LogP contribution in [0.15, 0.2) is 6.07 Å². The molecule has 1 aliphatic carbocycles. The van der Waals surface area contributed by atoms with E-state index >= 15 is 0 Å². The van der Waals surface area contributed by atoms with Crippen LogP contribution in [0.2, 0.25) is 0 Å². The Morgan fingerprint density at radius 3 is 2.44 bits per heavy atom. The van der Waals surface area contributed by atoms with Crippen molar-refractivity contribution in [1.82, 2.24) is 4.98 Å². The summed E-state index contributed by atoms with van der Waals surface area (Å²) >= 11 is 0. The summed E-state index contributed by atoms with van der Waals surface area (Å²) in [6, 6.07) is 0.870. The quantitative estimate of drug-likeness (QED) is 0.819. The minimum atomic E-state index is -0.657. The van der Waals surface area contributed by atoms with Gasteiger partial charge in [-0.25, -0.2) is 13.8 Å². The number of rotatable bonds is 6. The zero-order valence-electron chi connectivity index (χ0n) is 10.8. The molecule has 0 amide bonds. The smallest absolute Gasteiger partial charge is 0.168 e. The van der Waals surface area contributed by atoms with Gasteiger partial charge in [-0.3, -0.25) is 0 Å². The van der Waals surface area contributed by atoms with Crippen LogP contribution in [0.4, 0.5) is 20.4 Å². The maximum Gasteiger partial charge on any atom is 0.168 e. The second kappa shape index (κ2) is 5.50. The van der Waals surface area contributed by atoms with Crippen molar-refractivity contribution >= 4 is 11.6 Å². The standard InChI is InChI=1S/C13H19F2N3/c1-3-16-12-10(14)6-11(15)13(18-12)17-7-8(2)9-4-5-9/h6,8-9H,3-5,7H2,1-2H3,(H2,16,17,18). The second-order valence-electron chi connectivity index (χ2n) is 4.88. The molecule has 1 atom stereocenters. The molecule has 0 aliphatic heterocycles. The average Bonchev–Trinajstić information content (AvgIpc) is 3.15. The molecule has 0 spiro atoms. The van der Waals surface area contributed by atoms with Crippen LogP contribution in [0.5, 0.6) is 0 Å². The molecule has 100 valence electrons. The van der Waals surface area contributed by atoms with E-state index in [-0.39, 0.29) is 11.6 Å². The van der Waals surface area contributed by atoms with E-state index in [1.54, 1.807) is 0 Å². The van der Waals surface area contributed by atoms with Gasteiger partial charge in [0.25, 0.3) is 0 Å². The highest BCUT2D eigenvalue weighted by molar-refractivity contribution is 5.47. The zero-order valence-corrected chi connectivity index (χ0v) is 10.8. The lowest BCUT2D eigenvalue weighted by Gasteiger charge is -2.14. The molecule has 1 aliphatic rings. The molecule has 2 rings (SSSR count). The van der Waals surface area contributed by atoms with Gasteiger partial charge < -0.3 is 10.6 Å². The number of pyridine rings is 1. The van der Waals surface area contributed by atoms with Crippen molar-refractivity contribution in [3.05, 3.63) is 17.7 Å². The molecule has 1 aromatic heterocycles. The van der Waals surface area contributed by atoms with Crippen molar-refractivity contribution in [1.29, 1.82) is 0 Å². The van der Waals surface area contributed by atoms with Gasteiger partial charge in [0.2, 0.25) is 0 Å². The van der Waals surface area contributed by atoms with Crippen molar-refractivity contribution in [2.75, 3.05) is 23.7 Å². The Kier molecular flexibility index (Phi) is 3.99. The highest BCUT2D eigenvalue weighted by Gasteiger charge is 2.27. The molecule has 18 heavy (non-hydrogen) atoms. The van der Waals surface area contributed by atoms with Crippen LogP contribution in [0.25, 0.3) is 0 Å². The predicted octanol–water partition coefficient (Wildman–Crippen LogP) is 3.25. The van der Waals surface area contributed by atoms with Crippen molar-refractivity contribution in [2.45, 2.75) is 26.7 Å². The zero-order chi connectivity index (χ0) is 13.1. The summed E-state index contributed by atoms with van der Waals surface area (Å²) in [6.07, 6.45) is 2.51. The topological polar surface area (TPSA) is 37.0 Å². The molecule has 1 unspecified atom stereocenters. The van der Waals surface area contributed by atoms with Crippen molar-refractivity contribution in [3.8, 4) is 0 Å². The predicted molar refractivity (Wildman–Crippen MR) is 68.7 cm³/mol. The molecule has 3 nitrogen and oxygen atoms in total. The summed E-state index contributed by atoms with van der Waals surface area (Å²) in [4.78, 5) is 3.94. The Bertz CT molecular complexity index is 419. The number of nitrogens with one attached hydrogen (secondary N) is 2. The van der Waals surface area contributed by atoms with Crippen molar-refractivity contribution in [3.63, 3.8) is 0 Å². The van der Waals surface area contributed by atoms with Gasteiger partial charge in [-0.15, -0.1) is 0 Å². The fraction of sp³-hybridized carbons (Fsp3) is 0.615. The van der Waals surface area contributed by atoms with E-state index < -0.39 is 11.6 Å². The Balaban J connectivity index is 2.03. The number of hydrogen-bond acceptors (Lipinski definition) is 3. The first kappa shape index (κ1) is 13.1. The fourth-order valence-corrected chi connectivity index (χ4v) is 1.97. The monoisotopic (exact) mass is 255 g/mol. The van der Waals surface area contributed by atoms with Gasteiger partial charge in [-0.1, -0.05) is 6.92 Å². The third kappa shape index (κ3) is 3.09. The number of halogens is 2. The van der Waals surface area contributed by atoms with E-state index in [4.69, 9.17) is 0 Å². The van der Waals surface area contributed by atoms with E-state index in [0.717, 1.165) is 12.0 Å². The lowest BCUT2D eigenvalue weighted by atomic mass is 10.1. The fourth-order valence-electron chi connectivity index (χ4n) is 1.97. The Morgan fingerprint density at radius 2 is 1.89 bits per heavy atom. The van der Waals surface area contributed by atoms with E-state index in [9.17, 15) is 8.78 Å². The molecule has 1 aromatic rings. The molecule has 0 bridgehead atoms. The molecule has 5 heteroatoms. The molecular weight excluding hydrogens is 236 g/mol. The summed E-state index contributed by atoms with van der Waals surface area (Å²) in [5.74, 6) is 0.167. The molecular formula is C13H19F2N3. The average molecular weight is 255 g/mol. The summed E-state index contributed by atoms with van der Waals surface area (Å²) in [7, 11) is 0. The summed E-state index contributed by atoms with van der Waals surface area (Å²) in [6.45, 7) is 5.20. The lowest BCUT2D eigenvalue weighted by molar-refractivity contribution is 0.530. The Hall–Kier alpha value is -1.39. The van der Waals surface area contributed by atoms with Gasteiger partial charge in [0.05, 0.1) is 0 Å². The van der Waals surface area contributed by atoms with E-state index in [1.165, 1.54) is 12.8 Å². The molecule has 1 fully saturated rings. The second-order valence-corrected chi connectivity index (χ2v) is 4.88. The molecule has 0 aromatic carbocycles. The minimum Gasteiger partial charge on any atom is -0.368 e. The van der Waals surface area contributed by atoms with E-state index in [2.05, 4.69) is 22.5 Å². The first-order valence-corrected chi connectivity index (χ1v) is 6.45. The Morgan fingerprint density at radius 1 is 1.28 bits per heavy atom. The highest BCUT2D eigenvalue weighted by atomic mass is 19.1. The molecule has 0 radical (unpaired) electrons. The molecule has 2 N–H and O–H groups in total. The van der Waals surface area contributed by atoms with Crippen LogP contribution < -0.4 is 10.6 Å². The van der Waals surface area contributed by atoms with E-state index in [1.807, 2.05) is 6.92 Å². The maximum atomic E-state index is 13.5. The van der Waals surface area contributed by atoms with Gasteiger partial charge in [-0.2, -0.15) is 0 Å². The van der Waals surface area contributed by atoms with Crippen LogP contribution in [-0.4, -0.2) is 18.1 Å². The number of nitrogens with zero attached hydrogens (tertiary/aromatic N) is 1. The van der Waals surface area contributed by atoms with Gasteiger partial charge >= 0.3 is 0 Å². The van der Waals surface area contributed by atoms with Crippen LogP contribution in [0, 0.1) is 23.5 Å². The van der Waals surface area contributed by atoms with Gasteiger partial charge in [0, 0.05) is 19.2 Å².